The summed E-state index contributed by atoms with van der Waals surface area (Å²) in [6.07, 6.45) is 2.28. The molecule has 1 amide bonds. The largest absolute Gasteiger partial charge is 0.481 e. The molecule has 1 rings (SSSR count). The molecule has 0 atom stereocenters. The lowest BCUT2D eigenvalue weighted by Crippen LogP contribution is -2.23. The second-order valence-corrected chi connectivity index (χ2v) is 4.08. The first-order valence-electron chi connectivity index (χ1n) is 5.96. The van der Waals surface area contributed by atoms with Gasteiger partial charge in [0.05, 0.1) is 6.42 Å². The van der Waals surface area contributed by atoms with E-state index in [1.54, 1.807) is 24.3 Å². The van der Waals surface area contributed by atoms with E-state index in [9.17, 15) is 14.4 Å². The fourth-order valence-corrected chi connectivity index (χ4v) is 1.42. The number of carbonyl (C=O) groups is 3. The van der Waals surface area contributed by atoms with Gasteiger partial charge < -0.3 is 15.5 Å². The number of carboxylic acid groups (broad SMARTS) is 2. The van der Waals surface area contributed by atoms with E-state index in [2.05, 4.69) is 5.32 Å². The Morgan fingerprint density at radius 1 is 1.05 bits per heavy atom. The third kappa shape index (κ3) is 6.34. The van der Waals surface area contributed by atoms with Crippen LogP contribution in [0.15, 0.2) is 30.3 Å². The third-order valence-corrected chi connectivity index (χ3v) is 2.45. The van der Waals surface area contributed by atoms with Crippen LogP contribution in [-0.2, 0) is 20.9 Å². The Kier molecular flexibility index (Phi) is 5.96. The molecule has 0 radical (unpaired) electrons. The number of benzene rings is 1. The normalized spacial score (nSPS) is 10.4. The lowest BCUT2D eigenvalue weighted by atomic mass is 10.1. The number of rotatable bonds is 7. The van der Waals surface area contributed by atoms with Gasteiger partial charge in [-0.05, 0) is 17.2 Å². The highest BCUT2D eigenvalue weighted by molar-refractivity contribution is 5.85. The van der Waals surface area contributed by atoms with Gasteiger partial charge in [-0.15, -0.1) is 0 Å². The second-order valence-electron chi connectivity index (χ2n) is 4.08. The zero-order valence-corrected chi connectivity index (χ0v) is 10.7. The van der Waals surface area contributed by atoms with Gasteiger partial charge >= 0.3 is 11.9 Å². The smallest absolute Gasteiger partial charge is 0.328 e. The molecule has 0 saturated heterocycles. The van der Waals surface area contributed by atoms with E-state index in [0.29, 0.717) is 6.54 Å². The predicted molar refractivity (Wildman–Crippen MR) is 71.8 cm³/mol. The van der Waals surface area contributed by atoms with Crippen molar-refractivity contribution in [2.45, 2.75) is 19.4 Å². The molecule has 0 fully saturated rings. The van der Waals surface area contributed by atoms with E-state index >= 15 is 0 Å². The van der Waals surface area contributed by atoms with Crippen LogP contribution >= 0.6 is 0 Å². The molecule has 0 aliphatic rings. The van der Waals surface area contributed by atoms with Gasteiger partial charge in [0.1, 0.15) is 0 Å². The Balaban J connectivity index is 2.43. The SMILES string of the molecule is O=C(O)/C=C/c1ccc(CNC(=O)CCC(=O)O)cc1. The molecule has 0 aromatic heterocycles. The molecule has 0 aliphatic heterocycles. The summed E-state index contributed by atoms with van der Waals surface area (Å²) in [7, 11) is 0. The molecule has 0 aliphatic carbocycles. The molecular weight excluding hydrogens is 262 g/mol. The van der Waals surface area contributed by atoms with Crippen LogP contribution in [-0.4, -0.2) is 28.1 Å². The van der Waals surface area contributed by atoms with Crippen molar-refractivity contribution in [2.24, 2.45) is 0 Å². The van der Waals surface area contributed by atoms with Crippen LogP contribution in [0.2, 0.25) is 0 Å². The van der Waals surface area contributed by atoms with E-state index < -0.39 is 11.9 Å². The number of hydrogen-bond acceptors (Lipinski definition) is 3. The number of nitrogens with one attached hydrogen (secondary N) is 1. The number of carbonyl (C=O) groups excluding carboxylic acids is 1. The van der Waals surface area contributed by atoms with Crippen molar-refractivity contribution in [3.63, 3.8) is 0 Å². The highest BCUT2D eigenvalue weighted by Gasteiger charge is 2.04. The summed E-state index contributed by atoms with van der Waals surface area (Å²) in [5.74, 6) is -2.34. The van der Waals surface area contributed by atoms with Crippen LogP contribution in [0.1, 0.15) is 24.0 Å². The molecule has 6 heteroatoms. The quantitative estimate of drug-likeness (QED) is 0.651. The number of carboxylic acids is 2. The summed E-state index contributed by atoms with van der Waals surface area (Å²) in [6.45, 7) is 0.307. The van der Waals surface area contributed by atoms with Crippen molar-refractivity contribution in [3.8, 4) is 0 Å². The molecule has 106 valence electrons. The van der Waals surface area contributed by atoms with E-state index in [4.69, 9.17) is 10.2 Å². The van der Waals surface area contributed by atoms with Gasteiger partial charge in [-0.1, -0.05) is 24.3 Å². The Morgan fingerprint density at radius 3 is 2.25 bits per heavy atom. The highest BCUT2D eigenvalue weighted by atomic mass is 16.4. The highest BCUT2D eigenvalue weighted by Crippen LogP contribution is 2.06. The second kappa shape index (κ2) is 7.73. The first-order valence-corrected chi connectivity index (χ1v) is 5.96. The summed E-state index contributed by atoms with van der Waals surface area (Å²) in [6, 6.07) is 6.99. The third-order valence-electron chi connectivity index (χ3n) is 2.45. The molecule has 1 aromatic rings. The standard InChI is InChI=1S/C14H15NO5/c16-12(6-8-14(19)20)15-9-11-3-1-10(2-4-11)5-7-13(17)18/h1-5,7H,6,8-9H2,(H,15,16)(H,17,18)(H,19,20)/b7-5+. The van der Waals surface area contributed by atoms with Crippen LogP contribution in [0.4, 0.5) is 0 Å². The number of aliphatic carboxylic acids is 2. The van der Waals surface area contributed by atoms with E-state index in [1.807, 2.05) is 0 Å². The fraction of sp³-hybridized carbons (Fsp3) is 0.214. The van der Waals surface area contributed by atoms with Crippen molar-refractivity contribution in [3.05, 3.63) is 41.5 Å². The van der Waals surface area contributed by atoms with Gasteiger partial charge in [0.2, 0.25) is 5.91 Å². The Labute approximate surface area is 115 Å². The van der Waals surface area contributed by atoms with E-state index in [0.717, 1.165) is 17.2 Å². The minimum atomic E-state index is -1.01. The lowest BCUT2D eigenvalue weighted by Gasteiger charge is -2.04. The monoisotopic (exact) mass is 277 g/mol. The Bertz CT molecular complexity index is 519. The minimum Gasteiger partial charge on any atom is -0.481 e. The first kappa shape index (κ1) is 15.4. The molecule has 0 spiro atoms. The molecular formula is C14H15NO5. The summed E-state index contributed by atoms with van der Waals surface area (Å²) >= 11 is 0. The van der Waals surface area contributed by atoms with Crippen LogP contribution < -0.4 is 5.32 Å². The average Bonchev–Trinajstić information content (AvgIpc) is 2.41. The maximum absolute atomic E-state index is 11.3. The zero-order chi connectivity index (χ0) is 15.0. The molecule has 20 heavy (non-hydrogen) atoms. The van der Waals surface area contributed by atoms with Crippen molar-refractivity contribution in [2.75, 3.05) is 0 Å². The maximum atomic E-state index is 11.3. The lowest BCUT2D eigenvalue weighted by molar-refractivity contribution is -0.138. The predicted octanol–water partition coefficient (Wildman–Crippen LogP) is 1.27. The van der Waals surface area contributed by atoms with Crippen LogP contribution in [0.25, 0.3) is 6.08 Å². The summed E-state index contributed by atoms with van der Waals surface area (Å²) in [4.78, 5) is 32.0. The van der Waals surface area contributed by atoms with Gasteiger partial charge in [0.25, 0.3) is 0 Å². The first-order chi connectivity index (χ1) is 9.47. The van der Waals surface area contributed by atoms with Crippen molar-refractivity contribution >= 4 is 23.9 Å². The topological polar surface area (TPSA) is 104 Å². The minimum absolute atomic E-state index is 0.0469. The van der Waals surface area contributed by atoms with Crippen LogP contribution in [0, 0.1) is 0 Å². The molecule has 0 unspecified atom stereocenters. The summed E-state index contributed by atoms with van der Waals surface area (Å²) < 4.78 is 0. The molecule has 3 N–H and O–H groups in total. The fourth-order valence-electron chi connectivity index (χ4n) is 1.42. The van der Waals surface area contributed by atoms with Crippen LogP contribution in [0.5, 0.6) is 0 Å². The van der Waals surface area contributed by atoms with Gasteiger partial charge in [0.15, 0.2) is 0 Å². The van der Waals surface area contributed by atoms with Crippen LogP contribution in [0.3, 0.4) is 0 Å². The average molecular weight is 277 g/mol. The van der Waals surface area contributed by atoms with E-state index in [-0.39, 0.29) is 18.7 Å². The van der Waals surface area contributed by atoms with Gasteiger partial charge in [0, 0.05) is 19.0 Å². The van der Waals surface area contributed by atoms with Crippen molar-refractivity contribution in [1.82, 2.24) is 5.32 Å². The molecule has 1 aromatic carbocycles. The van der Waals surface area contributed by atoms with Gasteiger partial charge in [-0.25, -0.2) is 4.79 Å². The molecule has 0 heterocycles. The Hall–Kier alpha value is -2.63. The van der Waals surface area contributed by atoms with Crippen molar-refractivity contribution in [1.29, 1.82) is 0 Å². The number of amides is 1. The summed E-state index contributed by atoms with van der Waals surface area (Å²) in [5.41, 5.74) is 1.59. The summed E-state index contributed by atoms with van der Waals surface area (Å²) in [5, 5.41) is 19.5. The maximum Gasteiger partial charge on any atom is 0.328 e. The van der Waals surface area contributed by atoms with Gasteiger partial charge in [-0.2, -0.15) is 0 Å². The van der Waals surface area contributed by atoms with Crippen molar-refractivity contribution < 1.29 is 24.6 Å². The molecule has 0 bridgehead atoms. The van der Waals surface area contributed by atoms with Gasteiger partial charge in [-0.3, -0.25) is 9.59 Å². The number of hydrogen-bond donors (Lipinski definition) is 3. The molecule has 6 nitrogen and oxygen atoms in total. The van der Waals surface area contributed by atoms with E-state index in [1.165, 1.54) is 6.08 Å². The zero-order valence-electron chi connectivity index (χ0n) is 10.7. The molecule has 0 saturated carbocycles. The Morgan fingerprint density at radius 2 is 1.70 bits per heavy atom.